The second-order valence-corrected chi connectivity index (χ2v) is 8.75. The Balaban J connectivity index is 1.27. The Kier molecular flexibility index (Phi) is 8.52. The molecule has 1 saturated heterocycles. The molecule has 0 spiro atoms. The lowest BCUT2D eigenvalue weighted by molar-refractivity contribution is -0.121. The van der Waals surface area contributed by atoms with Gasteiger partial charge < -0.3 is 14.5 Å². The molecule has 2 aromatic carbocycles. The topological polar surface area (TPSA) is 71.6 Å². The van der Waals surface area contributed by atoms with Gasteiger partial charge in [-0.25, -0.2) is 0 Å². The van der Waals surface area contributed by atoms with Gasteiger partial charge in [0.15, 0.2) is 11.6 Å². The number of likely N-dealkylation sites (tertiary alicyclic amines) is 1. The van der Waals surface area contributed by atoms with E-state index in [-0.39, 0.29) is 18.0 Å². The number of hydrogen-bond donors (Lipinski definition) is 1. The highest BCUT2D eigenvalue weighted by molar-refractivity contribution is 6.11. The van der Waals surface area contributed by atoms with E-state index in [1.807, 2.05) is 48.7 Å². The van der Waals surface area contributed by atoms with E-state index in [4.69, 9.17) is 9.47 Å². The third-order valence-corrected chi connectivity index (χ3v) is 6.17. The van der Waals surface area contributed by atoms with Crippen molar-refractivity contribution in [1.82, 2.24) is 9.88 Å². The van der Waals surface area contributed by atoms with E-state index in [0.717, 1.165) is 47.4 Å². The number of nitrogens with zero attached hydrogens (tertiary/aromatic N) is 1. The van der Waals surface area contributed by atoms with E-state index in [9.17, 15) is 9.59 Å². The minimum atomic E-state index is -0.261. The summed E-state index contributed by atoms with van der Waals surface area (Å²) in [6.07, 6.45) is 11.8. The molecule has 3 aromatic rings. The van der Waals surface area contributed by atoms with E-state index >= 15 is 0 Å². The van der Waals surface area contributed by atoms with Crippen LogP contribution in [0.25, 0.3) is 23.1 Å². The minimum Gasteiger partial charge on any atom is -0.496 e. The fourth-order valence-corrected chi connectivity index (χ4v) is 4.23. The van der Waals surface area contributed by atoms with Crippen LogP contribution in [0.1, 0.15) is 36.8 Å². The van der Waals surface area contributed by atoms with Gasteiger partial charge in [0.25, 0.3) is 0 Å². The number of hydrogen-bond acceptors (Lipinski definition) is 5. The van der Waals surface area contributed by atoms with Crippen molar-refractivity contribution in [3.05, 3.63) is 71.9 Å². The van der Waals surface area contributed by atoms with Crippen LogP contribution in [-0.4, -0.2) is 54.8 Å². The van der Waals surface area contributed by atoms with Gasteiger partial charge in [-0.05, 0) is 79.4 Å². The Morgan fingerprint density at radius 2 is 1.77 bits per heavy atom. The third kappa shape index (κ3) is 7.17. The van der Waals surface area contributed by atoms with Crippen LogP contribution in [0.5, 0.6) is 11.5 Å². The molecular weight excluding hydrogens is 440 g/mol. The van der Waals surface area contributed by atoms with Crippen LogP contribution >= 0.6 is 0 Å². The molecule has 6 heteroatoms. The molecule has 0 radical (unpaired) electrons. The molecule has 0 amide bonds. The van der Waals surface area contributed by atoms with Crippen molar-refractivity contribution in [1.29, 1.82) is 0 Å². The Bertz CT molecular complexity index is 1220. The largest absolute Gasteiger partial charge is 0.496 e. The van der Waals surface area contributed by atoms with Gasteiger partial charge >= 0.3 is 0 Å². The van der Waals surface area contributed by atoms with Crippen molar-refractivity contribution in [3.63, 3.8) is 0 Å². The van der Waals surface area contributed by atoms with Crippen molar-refractivity contribution >= 4 is 34.6 Å². The zero-order valence-corrected chi connectivity index (χ0v) is 20.2. The average molecular weight is 473 g/mol. The summed E-state index contributed by atoms with van der Waals surface area (Å²) in [7, 11) is 1.59. The molecule has 2 heterocycles. The predicted octanol–water partition coefficient (Wildman–Crippen LogP) is 5.30. The first-order valence-corrected chi connectivity index (χ1v) is 12.1. The van der Waals surface area contributed by atoms with Crippen molar-refractivity contribution < 1.29 is 19.1 Å². The normalized spacial score (nSPS) is 14.7. The van der Waals surface area contributed by atoms with E-state index in [1.54, 1.807) is 19.3 Å². The number of aromatic amines is 1. The summed E-state index contributed by atoms with van der Waals surface area (Å²) >= 11 is 0. The van der Waals surface area contributed by atoms with Crippen LogP contribution in [0.4, 0.5) is 0 Å². The van der Waals surface area contributed by atoms with Gasteiger partial charge in [0.1, 0.15) is 18.1 Å². The van der Waals surface area contributed by atoms with Crippen molar-refractivity contribution in [2.24, 2.45) is 0 Å². The second-order valence-electron chi connectivity index (χ2n) is 8.75. The molecule has 35 heavy (non-hydrogen) atoms. The van der Waals surface area contributed by atoms with Crippen LogP contribution in [0, 0.1) is 0 Å². The lowest BCUT2D eigenvalue weighted by atomic mass is 10.1. The molecule has 4 rings (SSSR count). The molecule has 1 fully saturated rings. The fraction of sp³-hybridized carbons (Fsp3) is 0.310. The SMILES string of the molecule is COc1cc(OCCN2CCCCC2)ccc1/C=C/C(=O)CC(=O)/C=C/c1ccc2cc[nH]c2c1. The molecule has 0 saturated carbocycles. The lowest BCUT2D eigenvalue weighted by Gasteiger charge is -2.26. The number of fused-ring (bicyclic) bond motifs is 1. The highest BCUT2D eigenvalue weighted by Gasteiger charge is 2.10. The Morgan fingerprint density at radius 1 is 0.971 bits per heavy atom. The van der Waals surface area contributed by atoms with Gasteiger partial charge in [0, 0.05) is 29.9 Å². The number of benzene rings is 2. The summed E-state index contributed by atoms with van der Waals surface area (Å²) in [5.41, 5.74) is 2.66. The maximum Gasteiger partial charge on any atom is 0.163 e. The summed E-state index contributed by atoms with van der Waals surface area (Å²) in [5.74, 6) is 0.856. The second kappa shape index (κ2) is 12.2. The highest BCUT2D eigenvalue weighted by Crippen LogP contribution is 2.26. The van der Waals surface area contributed by atoms with Crippen LogP contribution < -0.4 is 9.47 Å². The van der Waals surface area contributed by atoms with Gasteiger partial charge in [-0.15, -0.1) is 0 Å². The number of aromatic nitrogens is 1. The smallest absolute Gasteiger partial charge is 0.163 e. The van der Waals surface area contributed by atoms with Gasteiger partial charge in [0.2, 0.25) is 0 Å². The van der Waals surface area contributed by atoms with Gasteiger partial charge in [-0.3, -0.25) is 14.5 Å². The number of rotatable bonds is 11. The number of allylic oxidation sites excluding steroid dienone is 2. The van der Waals surface area contributed by atoms with Gasteiger partial charge in [-0.2, -0.15) is 0 Å². The Labute approximate surface area is 206 Å². The molecular formula is C29H32N2O4. The minimum absolute atomic E-state index is 0.183. The summed E-state index contributed by atoms with van der Waals surface area (Å²) in [6.45, 7) is 3.84. The molecule has 182 valence electrons. The number of H-pyrrole nitrogens is 1. The van der Waals surface area contributed by atoms with Crippen molar-refractivity contribution in [2.75, 3.05) is 33.4 Å². The third-order valence-electron chi connectivity index (χ3n) is 6.17. The van der Waals surface area contributed by atoms with Crippen molar-refractivity contribution in [3.8, 4) is 11.5 Å². The molecule has 6 nitrogen and oxygen atoms in total. The quantitative estimate of drug-likeness (QED) is 0.303. The van der Waals surface area contributed by atoms with E-state index in [1.165, 1.54) is 31.4 Å². The zero-order chi connectivity index (χ0) is 24.5. The first kappa shape index (κ1) is 24.5. The maximum absolute atomic E-state index is 12.3. The Morgan fingerprint density at radius 3 is 2.57 bits per heavy atom. The number of methoxy groups -OCH3 is 1. The summed E-state index contributed by atoms with van der Waals surface area (Å²) in [6, 6.07) is 13.4. The molecule has 1 aliphatic heterocycles. The number of carbonyl (C=O) groups excluding carboxylic acids is 2. The average Bonchev–Trinajstić information content (AvgIpc) is 3.35. The first-order valence-electron chi connectivity index (χ1n) is 12.1. The molecule has 1 aromatic heterocycles. The number of ketones is 2. The van der Waals surface area contributed by atoms with Crippen LogP contribution in [0.3, 0.4) is 0 Å². The molecule has 0 aliphatic carbocycles. The van der Waals surface area contributed by atoms with Crippen molar-refractivity contribution in [2.45, 2.75) is 25.7 Å². The maximum atomic E-state index is 12.3. The summed E-state index contributed by atoms with van der Waals surface area (Å²) in [4.78, 5) is 30.1. The van der Waals surface area contributed by atoms with E-state index < -0.39 is 0 Å². The molecule has 0 unspecified atom stereocenters. The fourth-order valence-electron chi connectivity index (χ4n) is 4.23. The molecule has 0 atom stereocenters. The number of carbonyl (C=O) groups is 2. The standard InChI is InChI=1S/C29H32N2O4/c1-34-29-21-27(35-18-17-31-15-3-2-4-16-31)12-9-24(29)8-11-26(33)20-25(32)10-6-22-5-7-23-13-14-30-28(23)19-22/h5-14,19,21,30H,2-4,15-18,20H2,1H3/b10-6+,11-8+. The van der Waals surface area contributed by atoms with E-state index in [2.05, 4.69) is 9.88 Å². The highest BCUT2D eigenvalue weighted by atomic mass is 16.5. The van der Waals surface area contributed by atoms with Crippen LogP contribution in [0.15, 0.2) is 60.8 Å². The van der Waals surface area contributed by atoms with Gasteiger partial charge in [-0.1, -0.05) is 24.6 Å². The van der Waals surface area contributed by atoms with Crippen LogP contribution in [-0.2, 0) is 9.59 Å². The molecule has 1 aliphatic rings. The predicted molar refractivity (Wildman–Crippen MR) is 140 cm³/mol. The zero-order valence-electron chi connectivity index (χ0n) is 20.2. The summed E-state index contributed by atoms with van der Waals surface area (Å²) in [5, 5.41) is 1.11. The van der Waals surface area contributed by atoms with Crippen LogP contribution in [0.2, 0.25) is 0 Å². The summed E-state index contributed by atoms with van der Waals surface area (Å²) < 4.78 is 11.4. The number of ether oxygens (including phenoxy) is 2. The number of nitrogens with one attached hydrogen (secondary N) is 1. The Hall–Kier alpha value is -3.64. The number of piperidine rings is 1. The molecule has 1 N–H and O–H groups in total. The first-order chi connectivity index (χ1) is 17.1. The van der Waals surface area contributed by atoms with E-state index in [0.29, 0.717) is 12.4 Å². The molecule has 0 bridgehead atoms. The lowest BCUT2D eigenvalue weighted by Crippen LogP contribution is -2.33. The van der Waals surface area contributed by atoms with Gasteiger partial charge in [0.05, 0.1) is 13.5 Å². The monoisotopic (exact) mass is 472 g/mol.